The number of rotatable bonds is 3. The molecule has 0 unspecified atom stereocenters. The first kappa shape index (κ1) is 15.3. The largest absolute Gasteiger partial charge is 0.343 e. The molecule has 0 aromatic carbocycles. The number of likely N-dealkylation sites (tertiary alicyclic amines) is 2. The van der Waals surface area contributed by atoms with Crippen LogP contribution in [-0.2, 0) is 14.4 Å². The molecule has 2 atom stereocenters. The second-order valence-electron chi connectivity index (χ2n) is 6.53. The number of hydrogen-bond donors (Lipinski definition) is 0. The van der Waals surface area contributed by atoms with Gasteiger partial charge < -0.3 is 4.90 Å². The second kappa shape index (κ2) is 6.63. The Balaban J connectivity index is 1.56. The maximum atomic E-state index is 12.3. The number of amides is 3. The van der Waals surface area contributed by atoms with E-state index in [2.05, 4.69) is 0 Å². The summed E-state index contributed by atoms with van der Waals surface area (Å²) >= 11 is 0. The molecule has 2 aliphatic heterocycles. The van der Waals surface area contributed by atoms with Gasteiger partial charge in [-0.25, -0.2) is 0 Å². The van der Waals surface area contributed by atoms with Crippen molar-refractivity contribution in [2.24, 2.45) is 11.8 Å². The van der Waals surface area contributed by atoms with E-state index < -0.39 is 0 Å². The van der Waals surface area contributed by atoms with E-state index in [1.807, 2.05) is 17.1 Å². The van der Waals surface area contributed by atoms with E-state index in [9.17, 15) is 14.4 Å². The molecule has 1 aliphatic carbocycles. The van der Waals surface area contributed by atoms with Gasteiger partial charge in [0.25, 0.3) is 0 Å². The molecule has 0 saturated carbocycles. The lowest BCUT2D eigenvalue weighted by molar-refractivity contribution is -0.140. The molecule has 3 rings (SSSR count). The van der Waals surface area contributed by atoms with Gasteiger partial charge in [0.15, 0.2) is 0 Å². The van der Waals surface area contributed by atoms with Crippen molar-refractivity contribution < 1.29 is 14.4 Å². The van der Waals surface area contributed by atoms with Gasteiger partial charge in [-0.1, -0.05) is 25.0 Å². The molecule has 22 heavy (non-hydrogen) atoms. The Kier molecular flexibility index (Phi) is 4.60. The van der Waals surface area contributed by atoms with Crippen molar-refractivity contribution in [1.82, 2.24) is 9.80 Å². The summed E-state index contributed by atoms with van der Waals surface area (Å²) in [5.41, 5.74) is 0. The molecule has 0 N–H and O–H groups in total. The molecule has 0 bridgehead atoms. The minimum absolute atomic E-state index is 0.0792. The van der Waals surface area contributed by atoms with E-state index in [1.54, 1.807) is 0 Å². The van der Waals surface area contributed by atoms with Crippen molar-refractivity contribution in [2.75, 3.05) is 19.6 Å². The van der Waals surface area contributed by atoms with Crippen LogP contribution in [0.5, 0.6) is 0 Å². The summed E-state index contributed by atoms with van der Waals surface area (Å²) in [7, 11) is 0. The first-order valence-electron chi connectivity index (χ1n) is 8.46. The molecular weight excluding hydrogens is 280 g/mol. The highest BCUT2D eigenvalue weighted by molar-refractivity contribution is 6.05. The van der Waals surface area contributed by atoms with Crippen molar-refractivity contribution >= 4 is 17.7 Å². The lowest BCUT2D eigenvalue weighted by Crippen LogP contribution is -2.37. The predicted octanol–water partition coefficient (Wildman–Crippen LogP) is 1.73. The number of nitrogens with zero attached hydrogens (tertiary/aromatic N) is 2. The van der Waals surface area contributed by atoms with Crippen LogP contribution in [-0.4, -0.2) is 47.2 Å². The van der Waals surface area contributed by atoms with Gasteiger partial charge in [0, 0.05) is 26.1 Å². The quantitative estimate of drug-likeness (QED) is 0.589. The molecule has 0 spiro atoms. The fourth-order valence-electron chi connectivity index (χ4n) is 3.78. The average Bonchev–Trinajstić information content (AvgIpc) is 2.75. The van der Waals surface area contributed by atoms with Crippen LogP contribution >= 0.6 is 0 Å². The molecule has 3 aliphatic rings. The smallest absolute Gasteiger partial charge is 0.233 e. The van der Waals surface area contributed by atoms with Crippen LogP contribution in [0.3, 0.4) is 0 Å². The second-order valence-corrected chi connectivity index (χ2v) is 6.53. The summed E-state index contributed by atoms with van der Waals surface area (Å²) in [6.45, 7) is 1.88. The molecule has 5 heteroatoms. The van der Waals surface area contributed by atoms with Crippen molar-refractivity contribution in [3.8, 4) is 0 Å². The fraction of sp³-hybridized carbons (Fsp3) is 0.706. The summed E-state index contributed by atoms with van der Waals surface area (Å²) in [6, 6.07) is 0. The molecular formula is C17H24N2O3. The van der Waals surface area contributed by atoms with Gasteiger partial charge in [-0.15, -0.1) is 0 Å². The van der Waals surface area contributed by atoms with Crippen LogP contribution in [0, 0.1) is 11.8 Å². The minimum Gasteiger partial charge on any atom is -0.343 e. The third-order valence-corrected chi connectivity index (χ3v) is 5.11. The van der Waals surface area contributed by atoms with Crippen molar-refractivity contribution in [3.05, 3.63) is 12.2 Å². The highest BCUT2D eigenvalue weighted by atomic mass is 16.2. The number of carbonyl (C=O) groups excluding carboxylic acids is 3. The summed E-state index contributed by atoms with van der Waals surface area (Å²) in [4.78, 5) is 40.2. The molecule has 0 aromatic heterocycles. The van der Waals surface area contributed by atoms with Gasteiger partial charge in [0.1, 0.15) is 0 Å². The Bertz CT molecular complexity index is 466. The maximum Gasteiger partial charge on any atom is 0.233 e. The number of imide groups is 1. The monoisotopic (exact) mass is 304 g/mol. The van der Waals surface area contributed by atoms with Crippen LogP contribution in [0.25, 0.3) is 0 Å². The zero-order valence-corrected chi connectivity index (χ0v) is 13.0. The Morgan fingerprint density at radius 1 is 0.955 bits per heavy atom. The molecule has 0 aromatic rings. The third kappa shape index (κ3) is 2.94. The lowest BCUT2D eigenvalue weighted by Gasteiger charge is -2.22. The molecule has 5 nitrogen and oxygen atoms in total. The number of carbonyl (C=O) groups is 3. The van der Waals surface area contributed by atoms with Gasteiger partial charge in [-0.2, -0.15) is 0 Å². The molecule has 2 heterocycles. The van der Waals surface area contributed by atoms with E-state index in [1.165, 1.54) is 17.7 Å². The van der Waals surface area contributed by atoms with E-state index >= 15 is 0 Å². The molecule has 2 saturated heterocycles. The van der Waals surface area contributed by atoms with Crippen LogP contribution in [0.2, 0.25) is 0 Å². The Morgan fingerprint density at radius 3 is 2.05 bits per heavy atom. The predicted molar refractivity (Wildman–Crippen MR) is 81.7 cm³/mol. The molecule has 3 amide bonds. The summed E-state index contributed by atoms with van der Waals surface area (Å²) in [6.07, 6.45) is 10.0. The fourth-order valence-corrected chi connectivity index (χ4v) is 3.78. The van der Waals surface area contributed by atoms with Gasteiger partial charge in [-0.3, -0.25) is 19.3 Å². The Hall–Kier alpha value is -1.65. The number of allylic oxidation sites excluding steroid dienone is 2. The molecule has 2 fully saturated rings. The highest BCUT2D eigenvalue weighted by Gasteiger charge is 2.46. The average molecular weight is 304 g/mol. The van der Waals surface area contributed by atoms with Crippen molar-refractivity contribution in [1.29, 1.82) is 0 Å². The number of fused-ring (bicyclic) bond motifs is 1. The van der Waals surface area contributed by atoms with Crippen LogP contribution in [0.15, 0.2) is 12.2 Å². The van der Waals surface area contributed by atoms with Crippen molar-refractivity contribution in [2.45, 2.75) is 44.9 Å². The third-order valence-electron chi connectivity index (χ3n) is 5.11. The first-order valence-corrected chi connectivity index (χ1v) is 8.46. The zero-order valence-electron chi connectivity index (χ0n) is 13.0. The van der Waals surface area contributed by atoms with Gasteiger partial charge in [0.05, 0.1) is 11.8 Å². The minimum atomic E-state index is -0.189. The lowest BCUT2D eigenvalue weighted by atomic mass is 9.85. The first-order chi connectivity index (χ1) is 10.7. The summed E-state index contributed by atoms with van der Waals surface area (Å²) < 4.78 is 0. The molecule has 0 radical (unpaired) electrons. The Morgan fingerprint density at radius 2 is 1.50 bits per heavy atom. The van der Waals surface area contributed by atoms with E-state index in [4.69, 9.17) is 0 Å². The number of hydrogen-bond acceptors (Lipinski definition) is 3. The van der Waals surface area contributed by atoms with Gasteiger partial charge in [-0.05, 0) is 25.7 Å². The SMILES string of the molecule is O=C(CCN1C(=O)[C@@H]2CC=CC[C@H]2C1=O)N1CCCCCC1. The van der Waals surface area contributed by atoms with E-state index in [0.717, 1.165) is 25.9 Å². The summed E-state index contributed by atoms with van der Waals surface area (Å²) in [5.74, 6) is -0.460. The van der Waals surface area contributed by atoms with Crippen LogP contribution in [0.1, 0.15) is 44.9 Å². The molecule has 120 valence electrons. The maximum absolute atomic E-state index is 12.3. The van der Waals surface area contributed by atoms with Gasteiger partial charge >= 0.3 is 0 Å². The normalized spacial score (nSPS) is 28.7. The van der Waals surface area contributed by atoms with Gasteiger partial charge in [0.2, 0.25) is 17.7 Å². The topological polar surface area (TPSA) is 57.7 Å². The van der Waals surface area contributed by atoms with E-state index in [-0.39, 0.29) is 42.5 Å². The Labute approximate surface area is 131 Å². The van der Waals surface area contributed by atoms with E-state index in [0.29, 0.717) is 12.8 Å². The highest BCUT2D eigenvalue weighted by Crippen LogP contribution is 2.35. The van der Waals surface area contributed by atoms with Crippen molar-refractivity contribution in [3.63, 3.8) is 0 Å². The standard InChI is InChI=1S/C17H24N2O3/c20-15(18-10-5-1-2-6-11-18)9-12-19-16(21)13-7-3-4-8-14(13)17(19)22/h3-4,13-14H,1-2,5-12H2/t13-,14-/m1/s1. The van der Waals surface area contributed by atoms with Crippen LogP contribution < -0.4 is 0 Å². The zero-order chi connectivity index (χ0) is 15.5. The van der Waals surface area contributed by atoms with Crippen LogP contribution in [0.4, 0.5) is 0 Å². The summed E-state index contributed by atoms with van der Waals surface area (Å²) in [5, 5.41) is 0.